The topological polar surface area (TPSA) is 20.2 Å². The minimum atomic E-state index is -0.375. The van der Waals surface area contributed by atoms with Crippen LogP contribution in [-0.2, 0) is 6.42 Å². The normalized spacial score (nSPS) is 13.3. The molecule has 1 N–H and O–H groups in total. The number of rotatable bonds is 3. The number of aliphatic hydroxyl groups is 1. The summed E-state index contributed by atoms with van der Waals surface area (Å²) < 4.78 is 13.3. The minimum absolute atomic E-state index is 0.158. The lowest BCUT2D eigenvalue weighted by atomic mass is 9.98. The summed E-state index contributed by atoms with van der Waals surface area (Å²) in [6.07, 6.45) is 0.209. The van der Waals surface area contributed by atoms with Crippen LogP contribution in [0.1, 0.15) is 37.8 Å². The Morgan fingerprint density at radius 3 is 2.43 bits per heavy atom. The van der Waals surface area contributed by atoms with Gasteiger partial charge in [0.05, 0.1) is 6.10 Å². The largest absolute Gasteiger partial charge is 0.393 e. The highest BCUT2D eigenvalue weighted by Gasteiger charge is 2.08. The van der Waals surface area contributed by atoms with E-state index >= 15 is 0 Å². The number of hydrogen-bond donors (Lipinski definition) is 1. The summed E-state index contributed by atoms with van der Waals surface area (Å²) in [7, 11) is 0. The van der Waals surface area contributed by atoms with E-state index in [1.54, 1.807) is 13.0 Å². The summed E-state index contributed by atoms with van der Waals surface area (Å²) in [6, 6.07) is 5.05. The molecule has 0 aliphatic heterocycles. The van der Waals surface area contributed by atoms with E-state index in [0.717, 1.165) is 11.1 Å². The van der Waals surface area contributed by atoms with Crippen molar-refractivity contribution in [2.75, 3.05) is 0 Å². The molecule has 2 heteroatoms. The lowest BCUT2D eigenvalue weighted by Crippen LogP contribution is -2.05. The van der Waals surface area contributed by atoms with Gasteiger partial charge in [-0.2, -0.15) is 0 Å². The molecule has 1 aromatic carbocycles. The molecule has 0 heterocycles. The fraction of sp³-hybridized carbons (Fsp3) is 0.500. The van der Waals surface area contributed by atoms with Crippen LogP contribution in [0.15, 0.2) is 18.2 Å². The Kier molecular flexibility index (Phi) is 3.64. The molecule has 0 aromatic heterocycles. The highest BCUT2D eigenvalue weighted by molar-refractivity contribution is 5.27. The van der Waals surface area contributed by atoms with Crippen molar-refractivity contribution in [1.82, 2.24) is 0 Å². The molecule has 0 radical (unpaired) electrons. The molecular weight excluding hydrogens is 179 g/mol. The fourth-order valence-corrected chi connectivity index (χ4v) is 1.50. The van der Waals surface area contributed by atoms with Gasteiger partial charge in [0.25, 0.3) is 0 Å². The molecule has 1 rings (SSSR count). The van der Waals surface area contributed by atoms with E-state index in [0.29, 0.717) is 6.42 Å². The Labute approximate surface area is 84.6 Å². The first-order valence-electron chi connectivity index (χ1n) is 4.97. The maximum atomic E-state index is 13.3. The van der Waals surface area contributed by atoms with E-state index in [4.69, 9.17) is 0 Å². The Morgan fingerprint density at radius 1 is 1.29 bits per heavy atom. The van der Waals surface area contributed by atoms with Crippen molar-refractivity contribution in [2.45, 2.75) is 39.2 Å². The van der Waals surface area contributed by atoms with E-state index in [2.05, 4.69) is 0 Å². The molecule has 0 aliphatic rings. The molecule has 78 valence electrons. The smallest absolute Gasteiger partial charge is 0.126 e. The predicted molar refractivity (Wildman–Crippen MR) is 55.9 cm³/mol. The van der Waals surface area contributed by atoms with Crippen molar-refractivity contribution in [3.63, 3.8) is 0 Å². The fourth-order valence-electron chi connectivity index (χ4n) is 1.50. The third-order valence-corrected chi connectivity index (χ3v) is 2.21. The zero-order valence-electron chi connectivity index (χ0n) is 8.92. The number of hydrogen-bond acceptors (Lipinski definition) is 1. The maximum Gasteiger partial charge on any atom is 0.126 e. The van der Waals surface area contributed by atoms with Crippen LogP contribution in [0.2, 0.25) is 0 Å². The summed E-state index contributed by atoms with van der Waals surface area (Å²) >= 11 is 0. The lowest BCUT2D eigenvalue weighted by Gasteiger charge is -2.10. The standard InChI is InChI=1S/C12H17FO/c1-8(2)11-7-10(6-9(3)14)4-5-12(11)13/h4-5,7-9,14H,6H2,1-3H3. The average molecular weight is 196 g/mol. The van der Waals surface area contributed by atoms with Crippen LogP contribution < -0.4 is 0 Å². The molecule has 1 nitrogen and oxygen atoms in total. The van der Waals surface area contributed by atoms with E-state index in [-0.39, 0.29) is 17.8 Å². The van der Waals surface area contributed by atoms with Crippen LogP contribution in [-0.4, -0.2) is 11.2 Å². The first-order valence-corrected chi connectivity index (χ1v) is 4.97. The van der Waals surface area contributed by atoms with Gasteiger partial charge < -0.3 is 5.11 Å². The van der Waals surface area contributed by atoms with Gasteiger partial charge in [0.1, 0.15) is 5.82 Å². The van der Waals surface area contributed by atoms with Gasteiger partial charge in [-0.25, -0.2) is 4.39 Å². The van der Waals surface area contributed by atoms with Crippen LogP contribution in [0.3, 0.4) is 0 Å². The van der Waals surface area contributed by atoms with Crippen LogP contribution >= 0.6 is 0 Å². The molecule has 0 saturated heterocycles. The summed E-state index contributed by atoms with van der Waals surface area (Å²) in [4.78, 5) is 0. The van der Waals surface area contributed by atoms with Crippen LogP contribution in [0.4, 0.5) is 4.39 Å². The van der Waals surface area contributed by atoms with Gasteiger partial charge in [0.2, 0.25) is 0 Å². The summed E-state index contributed by atoms with van der Waals surface area (Å²) in [5, 5.41) is 9.21. The first-order chi connectivity index (χ1) is 6.50. The third kappa shape index (κ3) is 2.81. The van der Waals surface area contributed by atoms with Gasteiger partial charge in [-0.3, -0.25) is 0 Å². The SMILES string of the molecule is CC(O)Cc1ccc(F)c(C(C)C)c1. The zero-order valence-corrected chi connectivity index (χ0v) is 8.92. The summed E-state index contributed by atoms with van der Waals surface area (Å²) in [5.74, 6) is 0.0262. The quantitative estimate of drug-likeness (QED) is 0.788. The van der Waals surface area contributed by atoms with Crippen LogP contribution in [0.5, 0.6) is 0 Å². The molecular formula is C12H17FO. The van der Waals surface area contributed by atoms with E-state index in [9.17, 15) is 9.50 Å². The first kappa shape index (κ1) is 11.2. The molecule has 1 atom stereocenters. The van der Waals surface area contributed by atoms with Crippen molar-refractivity contribution < 1.29 is 9.50 Å². The van der Waals surface area contributed by atoms with E-state index in [1.807, 2.05) is 19.9 Å². The average Bonchev–Trinajstić information content (AvgIpc) is 2.07. The Bertz CT molecular complexity index is 305. The van der Waals surface area contributed by atoms with Crippen LogP contribution in [0, 0.1) is 5.82 Å². The van der Waals surface area contributed by atoms with Crippen LogP contribution in [0.25, 0.3) is 0 Å². The lowest BCUT2D eigenvalue weighted by molar-refractivity contribution is 0.195. The number of halogens is 1. The van der Waals surface area contributed by atoms with Crippen molar-refractivity contribution in [1.29, 1.82) is 0 Å². The van der Waals surface area contributed by atoms with Gasteiger partial charge in [-0.15, -0.1) is 0 Å². The second kappa shape index (κ2) is 4.56. The van der Waals surface area contributed by atoms with Crippen molar-refractivity contribution in [3.8, 4) is 0 Å². The zero-order chi connectivity index (χ0) is 10.7. The Hall–Kier alpha value is -0.890. The van der Waals surface area contributed by atoms with Crippen molar-refractivity contribution >= 4 is 0 Å². The van der Waals surface area contributed by atoms with Gasteiger partial charge in [-0.05, 0) is 36.5 Å². The van der Waals surface area contributed by atoms with Gasteiger partial charge in [0, 0.05) is 0 Å². The summed E-state index contributed by atoms with van der Waals surface area (Å²) in [6.45, 7) is 5.66. The summed E-state index contributed by atoms with van der Waals surface area (Å²) in [5.41, 5.74) is 1.72. The second-order valence-corrected chi connectivity index (χ2v) is 4.06. The van der Waals surface area contributed by atoms with Crippen molar-refractivity contribution in [3.05, 3.63) is 35.1 Å². The monoisotopic (exact) mass is 196 g/mol. The molecule has 0 spiro atoms. The molecule has 0 amide bonds. The number of benzene rings is 1. The molecule has 0 saturated carbocycles. The molecule has 1 unspecified atom stereocenters. The predicted octanol–water partition coefficient (Wildman–Crippen LogP) is 2.87. The van der Waals surface area contributed by atoms with Crippen molar-refractivity contribution in [2.24, 2.45) is 0 Å². The van der Waals surface area contributed by atoms with E-state index < -0.39 is 0 Å². The molecule has 14 heavy (non-hydrogen) atoms. The van der Waals surface area contributed by atoms with Gasteiger partial charge in [0.15, 0.2) is 0 Å². The second-order valence-electron chi connectivity index (χ2n) is 4.06. The maximum absolute atomic E-state index is 13.3. The highest BCUT2D eigenvalue weighted by Crippen LogP contribution is 2.20. The third-order valence-electron chi connectivity index (χ3n) is 2.21. The molecule has 0 aliphatic carbocycles. The molecule has 0 fully saturated rings. The molecule has 0 bridgehead atoms. The van der Waals surface area contributed by atoms with E-state index in [1.165, 1.54) is 6.07 Å². The minimum Gasteiger partial charge on any atom is -0.393 e. The Balaban J connectivity index is 2.94. The Morgan fingerprint density at radius 2 is 1.93 bits per heavy atom. The van der Waals surface area contributed by atoms with Gasteiger partial charge >= 0.3 is 0 Å². The van der Waals surface area contributed by atoms with Gasteiger partial charge in [-0.1, -0.05) is 26.0 Å². The highest BCUT2D eigenvalue weighted by atomic mass is 19.1. The molecule has 1 aromatic rings. The number of aliphatic hydroxyl groups excluding tert-OH is 1.